The lowest BCUT2D eigenvalue weighted by Crippen LogP contribution is -2.58. The van der Waals surface area contributed by atoms with E-state index >= 15 is 0 Å². The largest absolute Gasteiger partial charge is 0.343 e. The molecule has 2 amide bonds. The molecule has 2 fully saturated rings. The Balaban J connectivity index is 1.72. The van der Waals surface area contributed by atoms with Crippen molar-refractivity contribution in [2.24, 2.45) is 5.92 Å². The molecule has 6 nitrogen and oxygen atoms in total. The zero-order chi connectivity index (χ0) is 25.4. The highest BCUT2D eigenvalue weighted by molar-refractivity contribution is 5.90. The summed E-state index contributed by atoms with van der Waals surface area (Å²) < 4.78 is 0. The molecule has 1 aromatic carbocycles. The third-order valence-corrected chi connectivity index (χ3v) is 8.06. The van der Waals surface area contributed by atoms with E-state index in [9.17, 15) is 9.59 Å². The van der Waals surface area contributed by atoms with E-state index in [0.29, 0.717) is 0 Å². The molecule has 3 rings (SSSR count). The summed E-state index contributed by atoms with van der Waals surface area (Å²) in [6, 6.07) is 10.1. The molecule has 1 saturated carbocycles. The van der Waals surface area contributed by atoms with Crippen molar-refractivity contribution >= 4 is 11.8 Å². The van der Waals surface area contributed by atoms with Gasteiger partial charge in [0.1, 0.15) is 6.04 Å². The normalized spacial score (nSPS) is 21.2. The minimum Gasteiger partial charge on any atom is -0.343 e. The summed E-state index contributed by atoms with van der Waals surface area (Å²) in [5.74, 6) is 0.293. The first-order valence-corrected chi connectivity index (χ1v) is 13.8. The summed E-state index contributed by atoms with van der Waals surface area (Å²) in [6.45, 7) is 11.3. The van der Waals surface area contributed by atoms with Crippen LogP contribution in [0.3, 0.4) is 0 Å². The first-order valence-electron chi connectivity index (χ1n) is 13.8. The van der Waals surface area contributed by atoms with Crippen LogP contribution in [0.15, 0.2) is 30.3 Å². The van der Waals surface area contributed by atoms with Gasteiger partial charge in [0.05, 0.1) is 6.04 Å². The molecule has 1 heterocycles. The molecule has 6 heteroatoms. The molecular weight excluding hydrogens is 436 g/mol. The molecule has 196 valence electrons. The Hall–Kier alpha value is -1.92. The number of nitrogens with one attached hydrogen (secondary N) is 2. The molecule has 0 bridgehead atoms. The summed E-state index contributed by atoms with van der Waals surface area (Å²) in [7, 11) is 1.79. The molecule has 2 aliphatic rings. The Bertz CT molecular complexity index is 801. The van der Waals surface area contributed by atoms with Crippen LogP contribution in [-0.4, -0.2) is 72.0 Å². The van der Waals surface area contributed by atoms with Crippen LogP contribution in [0.5, 0.6) is 0 Å². The molecule has 0 spiro atoms. The predicted octanol–water partition coefficient (Wildman–Crippen LogP) is 3.99. The van der Waals surface area contributed by atoms with Crippen molar-refractivity contribution in [3.8, 4) is 0 Å². The molecule has 1 aromatic rings. The Morgan fingerprint density at radius 2 is 1.74 bits per heavy atom. The first kappa shape index (κ1) is 27.7. The van der Waals surface area contributed by atoms with E-state index in [1.807, 2.05) is 6.92 Å². The lowest BCUT2D eigenvalue weighted by Gasteiger charge is -2.41. The molecule has 1 aliphatic heterocycles. The van der Waals surface area contributed by atoms with Crippen molar-refractivity contribution in [1.82, 2.24) is 20.4 Å². The van der Waals surface area contributed by atoms with Crippen LogP contribution in [0.2, 0.25) is 0 Å². The standard InChI is InChI=1S/C29H48N4O2/c1-22(30-5)27(34)31-26(24-15-10-7-11-16-24)28(35)33-19-12-17-25(33)21-32(29(2,3)4)20-18-23-13-8-6-9-14-23/h6,8-9,13-14,22,24-26,30H,7,10-12,15-21H2,1-5H3,(H,31,34)/t22?,25?,26-/m0/s1. The highest BCUT2D eigenvalue weighted by Crippen LogP contribution is 2.30. The third-order valence-electron chi connectivity index (χ3n) is 8.06. The molecule has 35 heavy (non-hydrogen) atoms. The van der Waals surface area contributed by atoms with Gasteiger partial charge in [0.2, 0.25) is 11.8 Å². The molecule has 3 atom stereocenters. The zero-order valence-corrected chi connectivity index (χ0v) is 22.7. The number of nitrogens with zero attached hydrogens (tertiary/aromatic N) is 2. The highest BCUT2D eigenvalue weighted by atomic mass is 16.2. The van der Waals surface area contributed by atoms with Crippen molar-refractivity contribution in [1.29, 1.82) is 0 Å². The number of hydrogen-bond donors (Lipinski definition) is 2. The van der Waals surface area contributed by atoms with Crippen molar-refractivity contribution in [2.45, 2.75) is 103 Å². The molecule has 0 aromatic heterocycles. The topological polar surface area (TPSA) is 64.7 Å². The van der Waals surface area contributed by atoms with Crippen LogP contribution in [0, 0.1) is 5.92 Å². The number of hydrogen-bond acceptors (Lipinski definition) is 4. The van der Waals surface area contributed by atoms with Crippen LogP contribution in [0.4, 0.5) is 0 Å². The van der Waals surface area contributed by atoms with E-state index < -0.39 is 6.04 Å². The van der Waals surface area contributed by atoms with E-state index in [0.717, 1.165) is 64.6 Å². The maximum Gasteiger partial charge on any atom is 0.245 e. The molecule has 2 N–H and O–H groups in total. The summed E-state index contributed by atoms with van der Waals surface area (Å²) in [5.41, 5.74) is 1.37. The second-order valence-corrected chi connectivity index (χ2v) is 11.6. The third kappa shape index (κ3) is 7.78. The van der Waals surface area contributed by atoms with Gasteiger partial charge >= 0.3 is 0 Å². The lowest BCUT2D eigenvalue weighted by molar-refractivity contribution is -0.140. The van der Waals surface area contributed by atoms with Crippen LogP contribution in [-0.2, 0) is 16.0 Å². The van der Waals surface area contributed by atoms with Crippen molar-refractivity contribution in [3.05, 3.63) is 35.9 Å². The highest BCUT2D eigenvalue weighted by Gasteiger charge is 2.39. The number of carbonyl (C=O) groups is 2. The minimum atomic E-state index is -0.411. The van der Waals surface area contributed by atoms with Gasteiger partial charge in [-0.1, -0.05) is 49.6 Å². The van der Waals surface area contributed by atoms with Gasteiger partial charge in [-0.3, -0.25) is 14.5 Å². The summed E-state index contributed by atoms with van der Waals surface area (Å²) >= 11 is 0. The van der Waals surface area contributed by atoms with Crippen LogP contribution in [0.1, 0.15) is 78.2 Å². The van der Waals surface area contributed by atoms with Gasteiger partial charge in [-0.2, -0.15) is 0 Å². The number of likely N-dealkylation sites (N-methyl/N-ethyl adjacent to an activating group) is 1. The summed E-state index contributed by atoms with van der Waals surface area (Å²) in [6.07, 6.45) is 8.63. The maximum atomic E-state index is 14.0. The molecule has 1 aliphatic carbocycles. The molecule has 0 radical (unpaired) electrons. The average molecular weight is 485 g/mol. The van der Waals surface area contributed by atoms with Gasteiger partial charge in [-0.05, 0) is 78.3 Å². The molecule has 1 saturated heterocycles. The smallest absolute Gasteiger partial charge is 0.245 e. The predicted molar refractivity (Wildman–Crippen MR) is 143 cm³/mol. The van der Waals surface area contributed by atoms with Gasteiger partial charge in [0, 0.05) is 31.2 Å². The van der Waals surface area contributed by atoms with Gasteiger partial charge in [-0.15, -0.1) is 0 Å². The van der Waals surface area contributed by atoms with E-state index in [4.69, 9.17) is 0 Å². The van der Waals surface area contributed by atoms with Gasteiger partial charge in [-0.25, -0.2) is 0 Å². The minimum absolute atomic E-state index is 0.0191. The van der Waals surface area contributed by atoms with Crippen LogP contribution in [0.25, 0.3) is 0 Å². The number of rotatable bonds is 10. The zero-order valence-electron chi connectivity index (χ0n) is 22.7. The van der Waals surface area contributed by atoms with E-state index in [1.54, 1.807) is 7.05 Å². The fourth-order valence-corrected chi connectivity index (χ4v) is 5.62. The van der Waals surface area contributed by atoms with E-state index in [2.05, 4.69) is 71.5 Å². The average Bonchev–Trinajstić information content (AvgIpc) is 3.32. The van der Waals surface area contributed by atoms with E-state index in [1.165, 1.54) is 12.0 Å². The maximum absolute atomic E-state index is 14.0. The van der Waals surface area contributed by atoms with Gasteiger partial charge < -0.3 is 15.5 Å². The Morgan fingerprint density at radius 3 is 2.37 bits per heavy atom. The van der Waals surface area contributed by atoms with Gasteiger partial charge in [0.15, 0.2) is 0 Å². The fraction of sp³-hybridized carbons (Fsp3) is 0.724. The molecular formula is C29H48N4O2. The van der Waals surface area contributed by atoms with Crippen molar-refractivity contribution in [3.63, 3.8) is 0 Å². The second kappa shape index (κ2) is 12.9. The number of amides is 2. The SMILES string of the molecule is CNC(C)C(=O)N[C@H](C(=O)N1CCCC1CN(CCc1ccccc1)C(C)(C)C)C1CCCCC1. The summed E-state index contributed by atoms with van der Waals surface area (Å²) in [4.78, 5) is 31.4. The quantitative estimate of drug-likeness (QED) is 0.527. The van der Waals surface area contributed by atoms with Crippen LogP contribution >= 0.6 is 0 Å². The van der Waals surface area contributed by atoms with Crippen molar-refractivity contribution < 1.29 is 9.59 Å². The Morgan fingerprint density at radius 1 is 1.06 bits per heavy atom. The summed E-state index contributed by atoms with van der Waals surface area (Å²) in [5, 5.41) is 6.18. The monoisotopic (exact) mass is 484 g/mol. The van der Waals surface area contributed by atoms with Crippen LogP contribution < -0.4 is 10.6 Å². The van der Waals surface area contributed by atoms with Gasteiger partial charge in [0.25, 0.3) is 0 Å². The number of benzene rings is 1. The number of carbonyl (C=O) groups excluding carboxylic acids is 2. The van der Waals surface area contributed by atoms with Crippen molar-refractivity contribution in [2.75, 3.05) is 26.7 Å². The lowest BCUT2D eigenvalue weighted by atomic mass is 9.83. The Labute approximate surface area is 213 Å². The second-order valence-electron chi connectivity index (χ2n) is 11.6. The first-order chi connectivity index (χ1) is 16.7. The molecule has 2 unspecified atom stereocenters. The number of likely N-dealkylation sites (tertiary alicyclic amines) is 1. The fourth-order valence-electron chi connectivity index (χ4n) is 5.62. The Kier molecular flexibility index (Phi) is 10.2. The van der Waals surface area contributed by atoms with E-state index in [-0.39, 0.29) is 35.4 Å².